The number of aryl methyl sites for hydroxylation is 1. The number of benzene rings is 3. The van der Waals surface area contributed by atoms with Crippen molar-refractivity contribution in [2.45, 2.75) is 64.1 Å². The molecule has 2 amide bonds. The lowest BCUT2D eigenvalue weighted by Gasteiger charge is -2.35. The van der Waals surface area contributed by atoms with Crippen molar-refractivity contribution in [3.63, 3.8) is 0 Å². The van der Waals surface area contributed by atoms with E-state index in [0.29, 0.717) is 23.4 Å². The Bertz CT molecular complexity index is 1400. The van der Waals surface area contributed by atoms with Crippen molar-refractivity contribution in [3.8, 4) is 5.75 Å². The maximum absolute atomic E-state index is 14.1. The molecule has 0 aliphatic carbocycles. The second-order valence-electron chi connectivity index (χ2n) is 10.6. The predicted octanol–water partition coefficient (Wildman–Crippen LogP) is 4.92. The van der Waals surface area contributed by atoms with Gasteiger partial charge in [-0.15, -0.1) is 0 Å². The lowest BCUT2D eigenvalue weighted by molar-refractivity contribution is -0.141. The SMILES string of the molecule is CC[C@@H](C(=O)NC(C)(C)C)N(Cc1ccc(OC)cc1)C(=O)CN(c1ccccc1C)S(=O)(=O)c1ccccc1. The number of para-hydroxylation sites is 1. The Kier molecular flexibility index (Phi) is 9.98. The number of amides is 2. The minimum absolute atomic E-state index is 0.0743. The van der Waals surface area contributed by atoms with E-state index in [0.717, 1.165) is 9.87 Å². The predicted molar refractivity (Wildman–Crippen MR) is 158 cm³/mol. The van der Waals surface area contributed by atoms with Gasteiger partial charge in [-0.25, -0.2) is 8.42 Å². The molecule has 0 fully saturated rings. The van der Waals surface area contributed by atoms with Crippen LogP contribution in [0.3, 0.4) is 0 Å². The van der Waals surface area contributed by atoms with Crippen molar-refractivity contribution < 1.29 is 22.7 Å². The van der Waals surface area contributed by atoms with Gasteiger partial charge in [0.15, 0.2) is 0 Å². The molecule has 1 N–H and O–H groups in total. The van der Waals surface area contributed by atoms with E-state index in [1.807, 2.05) is 45.9 Å². The fourth-order valence-electron chi connectivity index (χ4n) is 4.38. The Balaban J connectivity index is 2.07. The third-order valence-corrected chi connectivity index (χ3v) is 8.16. The van der Waals surface area contributed by atoms with Crippen LogP contribution in [0.5, 0.6) is 5.75 Å². The fourth-order valence-corrected chi connectivity index (χ4v) is 5.88. The molecule has 40 heavy (non-hydrogen) atoms. The van der Waals surface area contributed by atoms with Crippen molar-refractivity contribution in [1.29, 1.82) is 0 Å². The quantitative estimate of drug-likeness (QED) is 0.356. The van der Waals surface area contributed by atoms with Gasteiger partial charge < -0.3 is 15.0 Å². The number of hydrogen-bond acceptors (Lipinski definition) is 5. The molecule has 0 unspecified atom stereocenters. The highest BCUT2D eigenvalue weighted by molar-refractivity contribution is 7.92. The molecule has 0 saturated carbocycles. The first-order valence-electron chi connectivity index (χ1n) is 13.2. The van der Waals surface area contributed by atoms with Gasteiger partial charge in [-0.05, 0) is 75.6 Å². The Morgan fingerprint density at radius 3 is 2.08 bits per heavy atom. The third kappa shape index (κ3) is 7.63. The molecule has 0 saturated heterocycles. The molecule has 0 bridgehead atoms. The summed E-state index contributed by atoms with van der Waals surface area (Å²) in [5.41, 5.74) is 1.37. The van der Waals surface area contributed by atoms with Crippen LogP contribution >= 0.6 is 0 Å². The van der Waals surface area contributed by atoms with Gasteiger partial charge in [0.05, 0.1) is 17.7 Å². The van der Waals surface area contributed by atoms with E-state index in [9.17, 15) is 18.0 Å². The lowest BCUT2D eigenvalue weighted by atomic mass is 10.1. The van der Waals surface area contributed by atoms with Crippen LogP contribution in [-0.4, -0.2) is 50.4 Å². The molecule has 0 heterocycles. The second-order valence-corrected chi connectivity index (χ2v) is 12.5. The highest BCUT2D eigenvalue weighted by Gasteiger charge is 2.35. The first kappa shape index (κ1) is 30.7. The maximum Gasteiger partial charge on any atom is 0.264 e. The number of ether oxygens (including phenoxy) is 1. The van der Waals surface area contributed by atoms with Gasteiger partial charge in [-0.2, -0.15) is 0 Å². The van der Waals surface area contributed by atoms with E-state index in [1.54, 1.807) is 62.6 Å². The monoisotopic (exact) mass is 565 g/mol. The first-order valence-corrected chi connectivity index (χ1v) is 14.7. The molecule has 0 aromatic heterocycles. The summed E-state index contributed by atoms with van der Waals surface area (Å²) in [6, 6.07) is 21.5. The molecule has 1 atom stereocenters. The van der Waals surface area contributed by atoms with E-state index >= 15 is 0 Å². The van der Waals surface area contributed by atoms with Gasteiger partial charge in [0, 0.05) is 12.1 Å². The smallest absolute Gasteiger partial charge is 0.264 e. The zero-order chi connectivity index (χ0) is 29.5. The molecule has 3 aromatic carbocycles. The third-order valence-electron chi connectivity index (χ3n) is 6.39. The lowest BCUT2D eigenvalue weighted by Crippen LogP contribution is -2.55. The van der Waals surface area contributed by atoms with Crippen LogP contribution < -0.4 is 14.4 Å². The fraction of sp³-hybridized carbons (Fsp3) is 0.355. The molecule has 0 aliphatic heterocycles. The summed E-state index contributed by atoms with van der Waals surface area (Å²) in [5.74, 6) is -0.126. The van der Waals surface area contributed by atoms with Crippen molar-refractivity contribution in [1.82, 2.24) is 10.2 Å². The van der Waals surface area contributed by atoms with Crippen LogP contribution in [0.25, 0.3) is 0 Å². The topological polar surface area (TPSA) is 96.0 Å². The van der Waals surface area contributed by atoms with Crippen LogP contribution in [0, 0.1) is 6.92 Å². The van der Waals surface area contributed by atoms with Crippen LogP contribution in [0.2, 0.25) is 0 Å². The normalized spacial score (nSPS) is 12.3. The number of methoxy groups -OCH3 is 1. The Hall–Kier alpha value is -3.85. The summed E-state index contributed by atoms with van der Waals surface area (Å²) in [6.45, 7) is 8.90. The number of carbonyl (C=O) groups excluding carboxylic acids is 2. The summed E-state index contributed by atoms with van der Waals surface area (Å²) in [5, 5.41) is 2.98. The van der Waals surface area contributed by atoms with Crippen LogP contribution in [-0.2, 0) is 26.2 Å². The number of nitrogens with one attached hydrogen (secondary N) is 1. The number of carbonyl (C=O) groups is 2. The summed E-state index contributed by atoms with van der Waals surface area (Å²) in [7, 11) is -2.53. The average Bonchev–Trinajstić information content (AvgIpc) is 2.91. The molecule has 3 rings (SSSR count). The molecule has 9 heteroatoms. The zero-order valence-electron chi connectivity index (χ0n) is 24.0. The minimum Gasteiger partial charge on any atom is -0.497 e. The number of sulfonamides is 1. The number of hydrogen-bond donors (Lipinski definition) is 1. The molecule has 8 nitrogen and oxygen atoms in total. The Labute approximate surface area is 238 Å². The summed E-state index contributed by atoms with van der Waals surface area (Å²) in [6.07, 6.45) is 0.347. The molecule has 0 radical (unpaired) electrons. The van der Waals surface area contributed by atoms with Gasteiger partial charge in [0.1, 0.15) is 18.3 Å². The average molecular weight is 566 g/mol. The largest absolute Gasteiger partial charge is 0.497 e. The molecular weight excluding hydrogens is 526 g/mol. The minimum atomic E-state index is -4.10. The van der Waals surface area contributed by atoms with Gasteiger partial charge in [0.25, 0.3) is 10.0 Å². The van der Waals surface area contributed by atoms with Gasteiger partial charge >= 0.3 is 0 Å². The highest BCUT2D eigenvalue weighted by atomic mass is 32.2. The Morgan fingerprint density at radius 1 is 0.925 bits per heavy atom. The molecule has 0 aliphatic rings. The van der Waals surface area contributed by atoms with E-state index in [2.05, 4.69) is 5.32 Å². The highest BCUT2D eigenvalue weighted by Crippen LogP contribution is 2.27. The summed E-state index contributed by atoms with van der Waals surface area (Å²) in [4.78, 5) is 29.1. The van der Waals surface area contributed by atoms with Gasteiger partial charge in [-0.1, -0.05) is 55.5 Å². The van der Waals surface area contributed by atoms with Crippen molar-refractivity contribution in [3.05, 3.63) is 90.0 Å². The van der Waals surface area contributed by atoms with Gasteiger partial charge in [-0.3, -0.25) is 13.9 Å². The van der Waals surface area contributed by atoms with E-state index in [-0.39, 0.29) is 17.3 Å². The molecule has 214 valence electrons. The maximum atomic E-state index is 14.1. The molecular formula is C31H39N3O5S. The number of rotatable bonds is 11. The molecule has 0 spiro atoms. The van der Waals surface area contributed by atoms with Crippen molar-refractivity contribution in [2.75, 3.05) is 18.0 Å². The summed E-state index contributed by atoms with van der Waals surface area (Å²) < 4.78 is 34.2. The van der Waals surface area contributed by atoms with Crippen LogP contribution in [0.1, 0.15) is 45.2 Å². The second kappa shape index (κ2) is 13.0. The van der Waals surface area contributed by atoms with Gasteiger partial charge in [0.2, 0.25) is 11.8 Å². The van der Waals surface area contributed by atoms with Crippen LogP contribution in [0.4, 0.5) is 5.69 Å². The first-order chi connectivity index (χ1) is 18.9. The Morgan fingerprint density at radius 2 is 1.52 bits per heavy atom. The van der Waals surface area contributed by atoms with E-state index in [4.69, 9.17) is 4.74 Å². The standard InChI is InChI=1S/C31H39N3O5S/c1-7-27(30(36)32-31(3,4)5)33(21-24-17-19-25(39-6)20-18-24)29(35)22-34(28-16-12-11-13-23(28)2)40(37,38)26-14-9-8-10-15-26/h8-20,27H,7,21-22H2,1-6H3,(H,32,36)/t27-/m0/s1. The van der Waals surface area contributed by atoms with Crippen molar-refractivity contribution >= 4 is 27.5 Å². The number of nitrogens with zero attached hydrogens (tertiary/aromatic N) is 2. The van der Waals surface area contributed by atoms with Crippen molar-refractivity contribution in [2.24, 2.45) is 0 Å². The number of anilines is 1. The summed E-state index contributed by atoms with van der Waals surface area (Å²) >= 11 is 0. The van der Waals surface area contributed by atoms with E-state index in [1.165, 1.54) is 17.0 Å². The molecule has 3 aromatic rings. The van der Waals surface area contributed by atoms with E-state index < -0.39 is 34.1 Å². The van der Waals surface area contributed by atoms with Crippen LogP contribution in [0.15, 0.2) is 83.8 Å². The zero-order valence-corrected chi connectivity index (χ0v) is 24.9.